The second-order valence-corrected chi connectivity index (χ2v) is 4.25. The zero-order valence-corrected chi connectivity index (χ0v) is 10.1. The number of nitrogens with one attached hydrogen (secondary N) is 2. The van der Waals surface area contributed by atoms with Gasteiger partial charge in [0.2, 0.25) is 5.95 Å². The summed E-state index contributed by atoms with van der Waals surface area (Å²) in [5.41, 5.74) is 7.06. The number of rotatable bonds is 4. The van der Waals surface area contributed by atoms with Crippen LogP contribution >= 0.6 is 23.2 Å². The minimum atomic E-state index is 0.508. The Labute approximate surface area is 103 Å². The van der Waals surface area contributed by atoms with Gasteiger partial charge in [-0.3, -0.25) is 0 Å². The van der Waals surface area contributed by atoms with Crippen LogP contribution in [0.25, 0.3) is 11.0 Å². The van der Waals surface area contributed by atoms with E-state index < -0.39 is 0 Å². The molecule has 0 saturated heterocycles. The van der Waals surface area contributed by atoms with Gasteiger partial charge < -0.3 is 16.0 Å². The van der Waals surface area contributed by atoms with Crippen LogP contribution in [0.5, 0.6) is 0 Å². The van der Waals surface area contributed by atoms with Gasteiger partial charge in [-0.15, -0.1) is 0 Å². The maximum Gasteiger partial charge on any atom is 0.201 e. The van der Waals surface area contributed by atoms with Crippen LogP contribution in [-0.4, -0.2) is 23.1 Å². The van der Waals surface area contributed by atoms with Crippen molar-refractivity contribution in [3.8, 4) is 0 Å². The highest BCUT2D eigenvalue weighted by Gasteiger charge is 2.05. The Morgan fingerprint density at radius 3 is 2.81 bits per heavy atom. The zero-order valence-electron chi connectivity index (χ0n) is 8.56. The summed E-state index contributed by atoms with van der Waals surface area (Å²) in [5.74, 6) is 0.710. The number of anilines is 1. The molecule has 1 heterocycles. The van der Waals surface area contributed by atoms with E-state index in [0.29, 0.717) is 22.5 Å². The summed E-state index contributed by atoms with van der Waals surface area (Å²) in [6.07, 6.45) is 0.901. The van der Waals surface area contributed by atoms with E-state index in [2.05, 4.69) is 15.3 Å². The molecule has 86 valence electrons. The van der Waals surface area contributed by atoms with Crippen LogP contribution in [0, 0.1) is 0 Å². The van der Waals surface area contributed by atoms with Crippen molar-refractivity contribution in [2.45, 2.75) is 6.42 Å². The molecule has 0 spiro atoms. The maximum absolute atomic E-state index is 5.91. The molecule has 4 N–H and O–H groups in total. The molecule has 2 aromatic rings. The standard InChI is InChI=1S/C10H12Cl2N4/c11-6-4-8-9(5-7(6)12)16-10(15-8)14-3-1-2-13/h4-5H,1-3,13H2,(H2,14,15,16). The summed E-state index contributed by atoms with van der Waals surface area (Å²) < 4.78 is 0. The summed E-state index contributed by atoms with van der Waals surface area (Å²) in [6, 6.07) is 3.50. The van der Waals surface area contributed by atoms with E-state index in [1.54, 1.807) is 12.1 Å². The molecule has 0 bridgehead atoms. The first-order valence-corrected chi connectivity index (χ1v) is 5.75. The van der Waals surface area contributed by atoms with E-state index in [-0.39, 0.29) is 0 Å². The summed E-state index contributed by atoms with van der Waals surface area (Å²) in [5, 5.41) is 4.17. The van der Waals surface area contributed by atoms with Crippen molar-refractivity contribution in [2.24, 2.45) is 5.73 Å². The molecule has 0 aliphatic carbocycles. The number of hydrogen-bond acceptors (Lipinski definition) is 3. The molecule has 0 fully saturated rings. The Morgan fingerprint density at radius 1 is 1.31 bits per heavy atom. The zero-order chi connectivity index (χ0) is 11.5. The summed E-state index contributed by atoms with van der Waals surface area (Å²) in [7, 11) is 0. The highest BCUT2D eigenvalue weighted by atomic mass is 35.5. The van der Waals surface area contributed by atoms with Gasteiger partial charge in [0, 0.05) is 6.54 Å². The average Bonchev–Trinajstić information content (AvgIpc) is 2.61. The molecule has 1 aromatic heterocycles. The van der Waals surface area contributed by atoms with Gasteiger partial charge in [-0.1, -0.05) is 23.2 Å². The number of benzene rings is 1. The van der Waals surface area contributed by atoms with Gasteiger partial charge in [0.25, 0.3) is 0 Å². The minimum absolute atomic E-state index is 0.508. The van der Waals surface area contributed by atoms with Crippen LogP contribution in [0.4, 0.5) is 5.95 Å². The number of hydrogen-bond donors (Lipinski definition) is 3. The van der Waals surface area contributed by atoms with Crippen molar-refractivity contribution in [1.29, 1.82) is 0 Å². The Morgan fingerprint density at radius 2 is 2.06 bits per heavy atom. The number of H-pyrrole nitrogens is 1. The molecule has 1 aromatic carbocycles. The smallest absolute Gasteiger partial charge is 0.201 e. The first-order chi connectivity index (χ1) is 7.70. The lowest BCUT2D eigenvalue weighted by Gasteiger charge is -1.98. The van der Waals surface area contributed by atoms with Gasteiger partial charge >= 0.3 is 0 Å². The summed E-state index contributed by atoms with van der Waals surface area (Å²) in [4.78, 5) is 7.45. The second-order valence-electron chi connectivity index (χ2n) is 3.44. The third-order valence-corrected chi connectivity index (χ3v) is 2.92. The predicted octanol–water partition coefficient (Wildman–Crippen LogP) is 2.63. The lowest BCUT2D eigenvalue weighted by molar-refractivity contribution is 0.867. The molecule has 0 atom stereocenters. The van der Waals surface area contributed by atoms with E-state index >= 15 is 0 Å². The highest BCUT2D eigenvalue weighted by Crippen LogP contribution is 2.27. The largest absolute Gasteiger partial charge is 0.356 e. The number of fused-ring (bicyclic) bond motifs is 1. The molecule has 6 heteroatoms. The topological polar surface area (TPSA) is 66.7 Å². The van der Waals surface area contributed by atoms with E-state index in [9.17, 15) is 0 Å². The molecule has 0 saturated carbocycles. The van der Waals surface area contributed by atoms with Crippen molar-refractivity contribution in [1.82, 2.24) is 9.97 Å². The summed E-state index contributed by atoms with van der Waals surface area (Å²) in [6.45, 7) is 1.45. The molecular weight excluding hydrogens is 247 g/mol. The molecule has 0 aliphatic heterocycles. The molecule has 0 aliphatic rings. The molecule has 2 rings (SSSR count). The number of halogens is 2. The van der Waals surface area contributed by atoms with Crippen molar-refractivity contribution >= 4 is 40.2 Å². The lowest BCUT2D eigenvalue weighted by atomic mass is 10.3. The van der Waals surface area contributed by atoms with E-state index in [4.69, 9.17) is 28.9 Å². The number of aromatic amines is 1. The van der Waals surface area contributed by atoms with E-state index in [0.717, 1.165) is 24.0 Å². The minimum Gasteiger partial charge on any atom is -0.356 e. The third-order valence-electron chi connectivity index (χ3n) is 2.20. The van der Waals surface area contributed by atoms with Gasteiger partial charge in [-0.25, -0.2) is 4.98 Å². The molecule has 4 nitrogen and oxygen atoms in total. The van der Waals surface area contributed by atoms with Gasteiger partial charge in [-0.05, 0) is 25.1 Å². The molecule has 0 radical (unpaired) electrons. The van der Waals surface area contributed by atoms with Gasteiger partial charge in [0.1, 0.15) is 0 Å². The third kappa shape index (κ3) is 2.40. The quantitative estimate of drug-likeness (QED) is 0.739. The molecule has 0 unspecified atom stereocenters. The number of aromatic nitrogens is 2. The van der Waals surface area contributed by atoms with Crippen LogP contribution in [0.15, 0.2) is 12.1 Å². The monoisotopic (exact) mass is 258 g/mol. The fourth-order valence-corrected chi connectivity index (χ4v) is 1.72. The SMILES string of the molecule is NCCCNc1nc2cc(Cl)c(Cl)cc2[nH]1. The van der Waals surface area contributed by atoms with Crippen molar-refractivity contribution in [3.63, 3.8) is 0 Å². The highest BCUT2D eigenvalue weighted by molar-refractivity contribution is 6.42. The normalized spacial score (nSPS) is 10.9. The molecule has 0 amide bonds. The van der Waals surface area contributed by atoms with Crippen LogP contribution in [0.3, 0.4) is 0 Å². The van der Waals surface area contributed by atoms with Crippen molar-refractivity contribution in [3.05, 3.63) is 22.2 Å². The predicted molar refractivity (Wildman–Crippen MR) is 68.3 cm³/mol. The van der Waals surface area contributed by atoms with Gasteiger partial charge in [-0.2, -0.15) is 0 Å². The number of nitrogens with zero attached hydrogens (tertiary/aromatic N) is 1. The molecular formula is C10H12Cl2N4. The van der Waals surface area contributed by atoms with Crippen LogP contribution in [0.1, 0.15) is 6.42 Å². The number of imidazole rings is 1. The fourth-order valence-electron chi connectivity index (χ4n) is 1.40. The van der Waals surface area contributed by atoms with Crippen LogP contribution < -0.4 is 11.1 Å². The Hall–Kier alpha value is -0.970. The van der Waals surface area contributed by atoms with Gasteiger partial charge in [0.05, 0.1) is 21.1 Å². The average molecular weight is 259 g/mol. The van der Waals surface area contributed by atoms with E-state index in [1.807, 2.05) is 0 Å². The van der Waals surface area contributed by atoms with Crippen LogP contribution in [-0.2, 0) is 0 Å². The Kier molecular flexibility index (Phi) is 3.53. The lowest BCUT2D eigenvalue weighted by Crippen LogP contribution is -2.09. The second kappa shape index (κ2) is 4.91. The fraction of sp³-hybridized carbons (Fsp3) is 0.300. The number of nitrogens with two attached hydrogens (primary N) is 1. The summed E-state index contributed by atoms with van der Waals surface area (Å²) >= 11 is 11.8. The maximum atomic E-state index is 5.91. The Balaban J connectivity index is 2.23. The van der Waals surface area contributed by atoms with Crippen molar-refractivity contribution < 1.29 is 0 Å². The molecule has 16 heavy (non-hydrogen) atoms. The van der Waals surface area contributed by atoms with E-state index in [1.165, 1.54) is 0 Å². The Bertz CT molecular complexity index is 456. The van der Waals surface area contributed by atoms with Gasteiger partial charge in [0.15, 0.2) is 0 Å². The first kappa shape index (κ1) is 11.5. The first-order valence-electron chi connectivity index (χ1n) is 4.99. The van der Waals surface area contributed by atoms with Crippen LogP contribution in [0.2, 0.25) is 10.0 Å². The van der Waals surface area contributed by atoms with Crippen molar-refractivity contribution in [2.75, 3.05) is 18.4 Å².